The van der Waals surface area contributed by atoms with Crippen molar-refractivity contribution in [2.24, 2.45) is 0 Å². The first kappa shape index (κ1) is 11.9. The minimum Gasteiger partial charge on any atom is -0.463 e. The van der Waals surface area contributed by atoms with Gasteiger partial charge in [0.05, 0.1) is 22.8 Å². The zero-order valence-electron chi connectivity index (χ0n) is 10.2. The van der Waals surface area contributed by atoms with Gasteiger partial charge in [0.15, 0.2) is 10.8 Å². The van der Waals surface area contributed by atoms with Gasteiger partial charge in [-0.2, -0.15) is 0 Å². The zero-order valence-corrected chi connectivity index (χ0v) is 11.0. The van der Waals surface area contributed by atoms with E-state index >= 15 is 0 Å². The highest BCUT2D eigenvalue weighted by molar-refractivity contribution is 7.84. The van der Waals surface area contributed by atoms with Gasteiger partial charge < -0.3 is 4.42 Å². The number of hydrogen-bond donors (Lipinski definition) is 0. The predicted octanol–water partition coefficient (Wildman–Crippen LogP) is 2.26. The highest BCUT2D eigenvalue weighted by atomic mass is 32.2. The van der Waals surface area contributed by atoms with E-state index in [1.165, 1.54) is 0 Å². The molecule has 6 heteroatoms. The lowest BCUT2D eigenvalue weighted by molar-refractivity contribution is 0.575. The van der Waals surface area contributed by atoms with E-state index in [-0.39, 0.29) is 0 Å². The van der Waals surface area contributed by atoms with Gasteiger partial charge in [-0.05, 0) is 24.3 Å². The van der Waals surface area contributed by atoms with Gasteiger partial charge in [-0.15, -0.1) is 5.10 Å². The lowest BCUT2D eigenvalue weighted by atomic mass is 10.3. The molecule has 0 spiro atoms. The van der Waals surface area contributed by atoms with Crippen LogP contribution in [0.2, 0.25) is 0 Å². The van der Waals surface area contributed by atoms with Crippen molar-refractivity contribution in [2.45, 2.75) is 5.03 Å². The van der Waals surface area contributed by atoms with Crippen LogP contribution in [0.15, 0.2) is 58.2 Å². The van der Waals surface area contributed by atoms with E-state index in [1.807, 2.05) is 30.3 Å². The summed E-state index contributed by atoms with van der Waals surface area (Å²) in [6.07, 6.45) is 3.14. The number of rotatable bonds is 3. The first-order valence-electron chi connectivity index (χ1n) is 5.66. The van der Waals surface area contributed by atoms with Gasteiger partial charge in [-0.1, -0.05) is 23.4 Å². The van der Waals surface area contributed by atoms with Crippen LogP contribution in [0.25, 0.3) is 17.1 Å². The Morgan fingerprint density at radius 1 is 1.16 bits per heavy atom. The molecule has 96 valence electrons. The van der Waals surface area contributed by atoms with Crippen molar-refractivity contribution in [1.82, 2.24) is 15.0 Å². The lowest BCUT2D eigenvalue weighted by Gasteiger charge is -2.04. The van der Waals surface area contributed by atoms with Gasteiger partial charge in [0.1, 0.15) is 5.69 Å². The molecule has 19 heavy (non-hydrogen) atoms. The summed E-state index contributed by atoms with van der Waals surface area (Å²) in [6, 6.07) is 13.1. The molecule has 3 aromatic rings. The van der Waals surface area contributed by atoms with E-state index in [0.29, 0.717) is 16.5 Å². The second-order valence-electron chi connectivity index (χ2n) is 3.92. The van der Waals surface area contributed by atoms with Gasteiger partial charge in [0, 0.05) is 6.26 Å². The van der Waals surface area contributed by atoms with Crippen molar-refractivity contribution in [3.8, 4) is 17.1 Å². The number of furan rings is 1. The molecule has 0 aliphatic rings. The minimum atomic E-state index is -1.23. The maximum absolute atomic E-state index is 11.8. The molecule has 0 radical (unpaired) electrons. The summed E-state index contributed by atoms with van der Waals surface area (Å²) in [5.41, 5.74) is 1.47. The maximum atomic E-state index is 11.8. The maximum Gasteiger partial charge on any atom is 0.180 e. The fourth-order valence-electron chi connectivity index (χ4n) is 1.83. The molecule has 1 aromatic carbocycles. The summed E-state index contributed by atoms with van der Waals surface area (Å²) in [7, 11) is -1.23. The van der Waals surface area contributed by atoms with Crippen LogP contribution < -0.4 is 0 Å². The Bertz CT molecular complexity index is 705. The largest absolute Gasteiger partial charge is 0.463 e. The smallest absolute Gasteiger partial charge is 0.180 e. The third kappa shape index (κ3) is 2.10. The average molecular weight is 273 g/mol. The molecular weight excluding hydrogens is 262 g/mol. The van der Waals surface area contributed by atoms with Gasteiger partial charge in [-0.3, -0.25) is 4.21 Å². The Morgan fingerprint density at radius 3 is 2.58 bits per heavy atom. The normalized spacial score (nSPS) is 12.5. The Kier molecular flexibility index (Phi) is 3.00. The fourth-order valence-corrected chi connectivity index (χ4v) is 2.45. The zero-order chi connectivity index (χ0) is 13.2. The summed E-state index contributed by atoms with van der Waals surface area (Å²) in [5, 5.41) is 8.49. The van der Waals surface area contributed by atoms with Gasteiger partial charge >= 0.3 is 0 Å². The highest BCUT2D eigenvalue weighted by Crippen LogP contribution is 2.27. The Morgan fingerprint density at radius 2 is 1.95 bits per heavy atom. The molecule has 2 aromatic heterocycles. The number of benzene rings is 1. The van der Waals surface area contributed by atoms with E-state index in [9.17, 15) is 4.21 Å². The lowest BCUT2D eigenvalue weighted by Crippen LogP contribution is -1.99. The van der Waals surface area contributed by atoms with E-state index in [0.717, 1.165) is 5.69 Å². The summed E-state index contributed by atoms with van der Waals surface area (Å²) < 4.78 is 18.8. The van der Waals surface area contributed by atoms with Crippen LogP contribution >= 0.6 is 0 Å². The molecule has 0 saturated carbocycles. The van der Waals surface area contributed by atoms with Crippen molar-refractivity contribution in [3.05, 3.63) is 48.7 Å². The Labute approximate surface area is 112 Å². The molecule has 0 amide bonds. The Hall–Kier alpha value is -2.21. The van der Waals surface area contributed by atoms with Gasteiger partial charge in [-0.25, -0.2) is 4.68 Å². The molecule has 1 unspecified atom stereocenters. The van der Waals surface area contributed by atoms with Crippen molar-refractivity contribution >= 4 is 10.8 Å². The second-order valence-corrected chi connectivity index (χ2v) is 5.22. The average Bonchev–Trinajstić information content (AvgIpc) is 3.08. The summed E-state index contributed by atoms with van der Waals surface area (Å²) in [5.74, 6) is 0.596. The second kappa shape index (κ2) is 4.81. The van der Waals surface area contributed by atoms with Crippen molar-refractivity contribution < 1.29 is 8.63 Å². The molecular formula is C13H11N3O2S. The third-order valence-electron chi connectivity index (χ3n) is 2.67. The first-order chi connectivity index (χ1) is 9.27. The van der Waals surface area contributed by atoms with Crippen LogP contribution in [-0.2, 0) is 10.8 Å². The topological polar surface area (TPSA) is 60.9 Å². The van der Waals surface area contributed by atoms with Crippen LogP contribution in [0.3, 0.4) is 0 Å². The monoisotopic (exact) mass is 273 g/mol. The Balaban J connectivity index is 2.24. The van der Waals surface area contributed by atoms with E-state index in [4.69, 9.17) is 4.42 Å². The SMILES string of the molecule is CS(=O)c1nnn(-c2ccccc2)c1-c1ccco1. The standard InChI is InChI=1S/C13H11N3O2S/c1-19(17)13-12(11-8-5-9-18-11)16(15-14-13)10-6-3-2-4-7-10/h2-9H,1H3. The van der Waals surface area contributed by atoms with Crippen LogP contribution in [0, 0.1) is 0 Å². The molecule has 0 aliphatic heterocycles. The highest BCUT2D eigenvalue weighted by Gasteiger charge is 2.20. The predicted molar refractivity (Wildman–Crippen MR) is 71.4 cm³/mol. The summed E-state index contributed by atoms with van der Waals surface area (Å²) in [6.45, 7) is 0. The first-order valence-corrected chi connectivity index (χ1v) is 7.21. The van der Waals surface area contributed by atoms with Gasteiger partial charge in [0.25, 0.3) is 0 Å². The van der Waals surface area contributed by atoms with Crippen LogP contribution in [0.4, 0.5) is 0 Å². The van der Waals surface area contributed by atoms with Crippen molar-refractivity contribution in [3.63, 3.8) is 0 Å². The third-order valence-corrected chi connectivity index (χ3v) is 3.49. The van der Waals surface area contributed by atoms with E-state index in [2.05, 4.69) is 10.3 Å². The van der Waals surface area contributed by atoms with Gasteiger partial charge in [0.2, 0.25) is 0 Å². The molecule has 0 N–H and O–H groups in total. The van der Waals surface area contributed by atoms with E-state index < -0.39 is 10.8 Å². The molecule has 2 heterocycles. The summed E-state index contributed by atoms with van der Waals surface area (Å²) in [4.78, 5) is 0. The molecule has 0 saturated heterocycles. The van der Waals surface area contributed by atoms with Crippen LogP contribution in [0.1, 0.15) is 0 Å². The summed E-state index contributed by atoms with van der Waals surface area (Å²) >= 11 is 0. The molecule has 0 bridgehead atoms. The number of hydrogen-bond acceptors (Lipinski definition) is 4. The van der Waals surface area contributed by atoms with Crippen molar-refractivity contribution in [1.29, 1.82) is 0 Å². The van der Waals surface area contributed by atoms with Crippen LogP contribution in [-0.4, -0.2) is 25.5 Å². The molecule has 5 nitrogen and oxygen atoms in total. The number of aromatic nitrogens is 3. The van der Waals surface area contributed by atoms with Crippen LogP contribution in [0.5, 0.6) is 0 Å². The number of para-hydroxylation sites is 1. The molecule has 0 fully saturated rings. The molecule has 1 atom stereocenters. The van der Waals surface area contributed by atoms with E-state index in [1.54, 1.807) is 29.3 Å². The quantitative estimate of drug-likeness (QED) is 0.734. The fraction of sp³-hybridized carbons (Fsp3) is 0.0769. The minimum absolute atomic E-state index is 0.416. The number of nitrogens with zero attached hydrogens (tertiary/aromatic N) is 3. The van der Waals surface area contributed by atoms with Crippen molar-refractivity contribution in [2.75, 3.05) is 6.26 Å². The molecule has 3 rings (SSSR count). The molecule has 0 aliphatic carbocycles.